The molecule has 0 aromatic heterocycles. The van der Waals surface area contributed by atoms with Gasteiger partial charge in [-0.25, -0.2) is 5.43 Å². The molecule has 2 amide bonds. The van der Waals surface area contributed by atoms with E-state index in [1.54, 1.807) is 18.2 Å². The van der Waals surface area contributed by atoms with Crippen molar-refractivity contribution in [2.75, 3.05) is 31.2 Å². The maximum atomic E-state index is 12.8. The summed E-state index contributed by atoms with van der Waals surface area (Å²) in [6.45, 7) is 7.97. The molecule has 3 rings (SSSR count). The molecule has 2 N–H and O–H groups in total. The molecule has 2 aromatic rings. The maximum absolute atomic E-state index is 12.8. The van der Waals surface area contributed by atoms with Crippen molar-refractivity contribution in [3.8, 4) is 0 Å². The van der Waals surface area contributed by atoms with Crippen molar-refractivity contribution in [3.05, 3.63) is 69.3 Å². The predicted octanol–water partition coefficient (Wildman–Crippen LogP) is 2.64. The molecule has 0 saturated carbocycles. The summed E-state index contributed by atoms with van der Waals surface area (Å²) in [6, 6.07) is 10.8. The number of ether oxygens (including phenoxy) is 1. The number of hydrogen-bond acceptors (Lipinski definition) is 7. The Morgan fingerprint density at radius 2 is 1.82 bits per heavy atom. The molecule has 1 heterocycles. The third kappa shape index (κ3) is 6.38. The fourth-order valence-electron chi connectivity index (χ4n) is 3.55. The summed E-state index contributed by atoms with van der Waals surface area (Å²) in [5.41, 5.74) is 5.14. The van der Waals surface area contributed by atoms with E-state index in [4.69, 9.17) is 4.74 Å². The molecular formula is C24H29N5O5. The van der Waals surface area contributed by atoms with Gasteiger partial charge in [0.2, 0.25) is 0 Å². The summed E-state index contributed by atoms with van der Waals surface area (Å²) in [5, 5.41) is 18.0. The molecule has 10 nitrogen and oxygen atoms in total. The lowest BCUT2D eigenvalue weighted by Crippen LogP contribution is -2.48. The molecule has 0 bridgehead atoms. The average Bonchev–Trinajstić information content (AvgIpc) is 2.83. The van der Waals surface area contributed by atoms with E-state index in [0.717, 1.165) is 11.3 Å². The Balaban J connectivity index is 1.73. The summed E-state index contributed by atoms with van der Waals surface area (Å²) < 4.78 is 5.38. The van der Waals surface area contributed by atoms with E-state index in [1.807, 2.05) is 32.9 Å². The van der Waals surface area contributed by atoms with Gasteiger partial charge in [0.15, 0.2) is 0 Å². The highest BCUT2D eigenvalue weighted by Crippen LogP contribution is 2.25. The number of nitro benzene ring substituents is 1. The minimum Gasteiger partial charge on any atom is -0.378 e. The number of rotatable bonds is 8. The van der Waals surface area contributed by atoms with Crippen molar-refractivity contribution in [1.29, 1.82) is 0 Å². The number of anilines is 1. The second-order valence-corrected chi connectivity index (χ2v) is 8.40. The van der Waals surface area contributed by atoms with Crippen molar-refractivity contribution < 1.29 is 19.2 Å². The minimum absolute atomic E-state index is 0.0739. The van der Waals surface area contributed by atoms with Crippen LogP contribution >= 0.6 is 0 Å². The van der Waals surface area contributed by atoms with E-state index in [9.17, 15) is 19.7 Å². The number of benzene rings is 2. The Morgan fingerprint density at radius 3 is 2.44 bits per heavy atom. The molecule has 1 aliphatic heterocycles. The van der Waals surface area contributed by atoms with Gasteiger partial charge in [0.1, 0.15) is 6.04 Å². The lowest BCUT2D eigenvalue weighted by molar-refractivity contribution is -0.384. The first-order valence-corrected chi connectivity index (χ1v) is 11.1. The molecule has 34 heavy (non-hydrogen) atoms. The van der Waals surface area contributed by atoms with Gasteiger partial charge in [0.05, 0.1) is 24.4 Å². The van der Waals surface area contributed by atoms with Gasteiger partial charge in [-0.3, -0.25) is 19.7 Å². The van der Waals surface area contributed by atoms with E-state index in [1.165, 1.54) is 18.3 Å². The van der Waals surface area contributed by atoms with Crippen molar-refractivity contribution in [1.82, 2.24) is 10.7 Å². The van der Waals surface area contributed by atoms with Gasteiger partial charge in [-0.2, -0.15) is 5.10 Å². The Kier molecular flexibility index (Phi) is 8.31. The van der Waals surface area contributed by atoms with Gasteiger partial charge >= 0.3 is 0 Å². The zero-order valence-corrected chi connectivity index (χ0v) is 19.5. The lowest BCUT2D eigenvalue weighted by atomic mass is 10.0. The van der Waals surface area contributed by atoms with Gasteiger partial charge in [0.25, 0.3) is 17.5 Å². The lowest BCUT2D eigenvalue weighted by Gasteiger charge is -2.29. The standard InChI is InChI=1S/C24H29N5O5/c1-16(2)22(26-23(30)18-6-4-17(3)5-7-18)24(31)27-25-15-19-14-20(29(32)33)8-9-21(19)28-10-12-34-13-11-28/h4-9,14-16,22H,10-13H2,1-3H3,(H,26,30)(H,27,31). The second kappa shape index (κ2) is 11.4. The van der Waals surface area contributed by atoms with Crippen LogP contribution in [0.1, 0.15) is 35.3 Å². The van der Waals surface area contributed by atoms with Crippen LogP contribution in [0.15, 0.2) is 47.6 Å². The fourth-order valence-corrected chi connectivity index (χ4v) is 3.55. The van der Waals surface area contributed by atoms with Gasteiger partial charge in [0, 0.05) is 42.0 Å². The Labute approximate surface area is 198 Å². The number of nitrogens with one attached hydrogen (secondary N) is 2. The van der Waals surface area contributed by atoms with Crippen LogP contribution in [0.4, 0.5) is 11.4 Å². The summed E-state index contributed by atoms with van der Waals surface area (Å²) in [7, 11) is 0. The number of amides is 2. The van der Waals surface area contributed by atoms with Crippen molar-refractivity contribution in [2.24, 2.45) is 11.0 Å². The number of nitrogens with zero attached hydrogens (tertiary/aromatic N) is 3. The third-order valence-corrected chi connectivity index (χ3v) is 5.50. The largest absolute Gasteiger partial charge is 0.378 e. The molecule has 0 spiro atoms. The zero-order valence-electron chi connectivity index (χ0n) is 19.5. The highest BCUT2D eigenvalue weighted by molar-refractivity contribution is 5.98. The maximum Gasteiger partial charge on any atom is 0.270 e. The molecular weight excluding hydrogens is 438 g/mol. The van der Waals surface area contributed by atoms with Crippen LogP contribution in [0.25, 0.3) is 0 Å². The monoisotopic (exact) mass is 467 g/mol. The summed E-state index contributed by atoms with van der Waals surface area (Å²) in [6.07, 6.45) is 1.38. The van der Waals surface area contributed by atoms with Crippen molar-refractivity contribution >= 4 is 29.4 Å². The first-order valence-electron chi connectivity index (χ1n) is 11.1. The molecule has 180 valence electrons. The number of aryl methyl sites for hydroxylation is 1. The van der Waals surface area contributed by atoms with E-state index in [0.29, 0.717) is 37.4 Å². The molecule has 0 aliphatic carbocycles. The number of hydrazone groups is 1. The Hall–Kier alpha value is -3.79. The smallest absolute Gasteiger partial charge is 0.270 e. The zero-order chi connectivity index (χ0) is 24.7. The quantitative estimate of drug-likeness (QED) is 0.349. The second-order valence-electron chi connectivity index (χ2n) is 8.40. The van der Waals surface area contributed by atoms with Crippen LogP contribution in [0, 0.1) is 23.0 Å². The molecule has 0 radical (unpaired) electrons. The number of hydrogen-bond donors (Lipinski definition) is 2. The van der Waals surface area contributed by atoms with Crippen LogP contribution in [-0.4, -0.2) is 55.3 Å². The predicted molar refractivity (Wildman–Crippen MR) is 129 cm³/mol. The Bertz CT molecular complexity index is 1060. The molecule has 1 atom stereocenters. The average molecular weight is 468 g/mol. The molecule has 2 aromatic carbocycles. The highest BCUT2D eigenvalue weighted by atomic mass is 16.6. The van der Waals surface area contributed by atoms with Crippen LogP contribution in [0.3, 0.4) is 0 Å². The van der Waals surface area contributed by atoms with E-state index in [-0.39, 0.29) is 17.5 Å². The summed E-state index contributed by atoms with van der Waals surface area (Å²) in [4.78, 5) is 38.2. The number of nitro groups is 1. The molecule has 1 fully saturated rings. The van der Waals surface area contributed by atoms with Crippen LogP contribution < -0.4 is 15.6 Å². The molecule has 1 saturated heterocycles. The van der Waals surface area contributed by atoms with Crippen LogP contribution in [-0.2, 0) is 9.53 Å². The number of carbonyl (C=O) groups excluding carboxylic acids is 2. The van der Waals surface area contributed by atoms with E-state index < -0.39 is 16.9 Å². The van der Waals surface area contributed by atoms with Gasteiger partial charge in [-0.1, -0.05) is 31.5 Å². The normalized spacial score (nSPS) is 14.8. The molecule has 10 heteroatoms. The fraction of sp³-hybridized carbons (Fsp3) is 0.375. The Morgan fingerprint density at radius 1 is 1.15 bits per heavy atom. The van der Waals surface area contributed by atoms with Crippen LogP contribution in [0.5, 0.6) is 0 Å². The topological polar surface area (TPSA) is 126 Å². The SMILES string of the molecule is Cc1ccc(C(=O)NC(C(=O)NN=Cc2cc([N+](=O)[O-])ccc2N2CCOCC2)C(C)C)cc1. The summed E-state index contributed by atoms with van der Waals surface area (Å²) >= 11 is 0. The van der Waals surface area contributed by atoms with Crippen LogP contribution in [0.2, 0.25) is 0 Å². The first kappa shape index (κ1) is 24.8. The number of carbonyl (C=O) groups is 2. The number of non-ortho nitro benzene ring substituents is 1. The minimum atomic E-state index is -0.810. The summed E-state index contributed by atoms with van der Waals surface area (Å²) in [5.74, 6) is -1.03. The first-order chi connectivity index (χ1) is 16.3. The number of morpholine rings is 1. The van der Waals surface area contributed by atoms with Crippen molar-refractivity contribution in [3.63, 3.8) is 0 Å². The van der Waals surface area contributed by atoms with E-state index in [2.05, 4.69) is 20.7 Å². The van der Waals surface area contributed by atoms with Gasteiger partial charge in [-0.15, -0.1) is 0 Å². The molecule has 1 aliphatic rings. The third-order valence-electron chi connectivity index (χ3n) is 5.50. The molecule has 1 unspecified atom stereocenters. The van der Waals surface area contributed by atoms with E-state index >= 15 is 0 Å². The highest BCUT2D eigenvalue weighted by Gasteiger charge is 2.24. The van der Waals surface area contributed by atoms with Gasteiger partial charge in [-0.05, 0) is 31.0 Å². The van der Waals surface area contributed by atoms with Gasteiger partial charge < -0.3 is 15.0 Å². The van der Waals surface area contributed by atoms with Crippen molar-refractivity contribution in [2.45, 2.75) is 26.8 Å².